The summed E-state index contributed by atoms with van der Waals surface area (Å²) in [7, 11) is 0. The standard InChI is InChI=1S/C22H17FN4/c1-14(25)15-5-8-22-21(11-15)26-13-27(22)19-4-2-3-16(10-19)20-7-6-18(23)9-17(20)12-24/h2-11,13-14H,25H2,1H3. The highest BCUT2D eigenvalue weighted by atomic mass is 19.1. The Hall–Kier alpha value is -3.49. The van der Waals surface area contributed by atoms with Crippen molar-refractivity contribution in [3.63, 3.8) is 0 Å². The molecule has 1 aromatic heterocycles. The Balaban J connectivity index is 1.82. The van der Waals surface area contributed by atoms with Crippen molar-refractivity contribution in [2.45, 2.75) is 13.0 Å². The Bertz CT molecular complexity index is 1180. The molecule has 0 saturated carbocycles. The van der Waals surface area contributed by atoms with Crippen molar-refractivity contribution in [1.29, 1.82) is 5.26 Å². The third-order valence-electron chi connectivity index (χ3n) is 4.63. The molecule has 0 bridgehead atoms. The molecule has 4 aromatic rings. The number of benzene rings is 3. The van der Waals surface area contributed by atoms with Crippen molar-refractivity contribution in [3.8, 4) is 22.9 Å². The van der Waals surface area contributed by atoms with Crippen LogP contribution in [0.5, 0.6) is 0 Å². The molecule has 5 heteroatoms. The second kappa shape index (κ2) is 6.67. The van der Waals surface area contributed by atoms with E-state index in [1.54, 1.807) is 12.4 Å². The number of imidazole rings is 1. The van der Waals surface area contributed by atoms with Crippen molar-refractivity contribution in [2.75, 3.05) is 0 Å². The summed E-state index contributed by atoms with van der Waals surface area (Å²) in [4.78, 5) is 4.49. The van der Waals surface area contributed by atoms with E-state index in [4.69, 9.17) is 5.73 Å². The fourth-order valence-electron chi connectivity index (χ4n) is 3.20. The number of aromatic nitrogens is 2. The number of nitrogens with zero attached hydrogens (tertiary/aromatic N) is 3. The van der Waals surface area contributed by atoms with Crippen molar-refractivity contribution >= 4 is 11.0 Å². The summed E-state index contributed by atoms with van der Waals surface area (Å²) in [6.07, 6.45) is 1.77. The molecule has 1 unspecified atom stereocenters. The van der Waals surface area contributed by atoms with E-state index in [0.29, 0.717) is 11.1 Å². The quantitative estimate of drug-likeness (QED) is 0.577. The Morgan fingerprint density at radius 3 is 2.74 bits per heavy atom. The first-order valence-corrected chi connectivity index (χ1v) is 8.60. The normalized spacial score (nSPS) is 12.1. The molecule has 0 aliphatic carbocycles. The maximum atomic E-state index is 13.4. The van der Waals surface area contributed by atoms with Gasteiger partial charge in [-0.3, -0.25) is 4.57 Å². The SMILES string of the molecule is CC(N)c1ccc2c(c1)ncn2-c1cccc(-c2ccc(F)cc2C#N)c1. The van der Waals surface area contributed by atoms with Gasteiger partial charge in [0.2, 0.25) is 0 Å². The summed E-state index contributed by atoms with van der Waals surface area (Å²) < 4.78 is 15.4. The molecule has 1 atom stereocenters. The number of fused-ring (bicyclic) bond motifs is 1. The maximum absolute atomic E-state index is 13.4. The average Bonchev–Trinajstić information content (AvgIpc) is 3.11. The van der Waals surface area contributed by atoms with E-state index in [-0.39, 0.29) is 6.04 Å². The van der Waals surface area contributed by atoms with Crippen molar-refractivity contribution in [3.05, 3.63) is 83.9 Å². The van der Waals surface area contributed by atoms with Crippen LogP contribution in [-0.2, 0) is 0 Å². The van der Waals surface area contributed by atoms with Crippen LogP contribution in [-0.4, -0.2) is 9.55 Å². The highest BCUT2D eigenvalue weighted by Gasteiger charge is 2.10. The topological polar surface area (TPSA) is 67.6 Å². The Morgan fingerprint density at radius 2 is 1.96 bits per heavy atom. The Morgan fingerprint density at radius 1 is 1.11 bits per heavy atom. The monoisotopic (exact) mass is 356 g/mol. The van der Waals surface area contributed by atoms with Gasteiger partial charge in [-0.25, -0.2) is 9.37 Å². The molecule has 0 amide bonds. The molecule has 132 valence electrons. The fourth-order valence-corrected chi connectivity index (χ4v) is 3.20. The van der Waals surface area contributed by atoms with Crippen LogP contribution in [0.25, 0.3) is 27.8 Å². The number of rotatable bonds is 3. The summed E-state index contributed by atoms with van der Waals surface area (Å²) in [6, 6.07) is 20.0. The molecule has 0 radical (unpaired) electrons. The lowest BCUT2D eigenvalue weighted by Gasteiger charge is -2.10. The molecule has 2 N–H and O–H groups in total. The third-order valence-corrected chi connectivity index (χ3v) is 4.63. The molecule has 0 spiro atoms. The number of hydrogen-bond donors (Lipinski definition) is 1. The average molecular weight is 356 g/mol. The van der Waals surface area contributed by atoms with Gasteiger partial charge in [0, 0.05) is 11.7 Å². The van der Waals surface area contributed by atoms with Gasteiger partial charge in [-0.2, -0.15) is 5.26 Å². The van der Waals surface area contributed by atoms with E-state index in [0.717, 1.165) is 27.8 Å². The van der Waals surface area contributed by atoms with Crippen LogP contribution in [0.4, 0.5) is 4.39 Å². The molecule has 1 heterocycles. The van der Waals surface area contributed by atoms with E-state index >= 15 is 0 Å². The van der Waals surface area contributed by atoms with Gasteiger partial charge < -0.3 is 5.73 Å². The predicted octanol–water partition coefficient (Wildman–Crippen LogP) is 4.72. The zero-order chi connectivity index (χ0) is 19.0. The van der Waals surface area contributed by atoms with E-state index in [1.807, 2.05) is 54.0 Å². The fraction of sp³-hybridized carbons (Fsp3) is 0.0909. The molecule has 27 heavy (non-hydrogen) atoms. The second-order valence-corrected chi connectivity index (χ2v) is 6.50. The molecule has 4 nitrogen and oxygen atoms in total. The molecule has 0 saturated heterocycles. The highest BCUT2D eigenvalue weighted by molar-refractivity contribution is 5.79. The van der Waals surface area contributed by atoms with Gasteiger partial charge in [0.25, 0.3) is 0 Å². The van der Waals surface area contributed by atoms with Crippen LogP contribution in [0, 0.1) is 17.1 Å². The summed E-state index contributed by atoms with van der Waals surface area (Å²) in [5.74, 6) is -0.419. The van der Waals surface area contributed by atoms with Gasteiger partial charge in [0.05, 0.1) is 22.7 Å². The molecule has 4 rings (SSSR count). The van der Waals surface area contributed by atoms with Gasteiger partial charge >= 0.3 is 0 Å². The minimum absolute atomic E-state index is 0.0502. The van der Waals surface area contributed by atoms with Crippen LogP contribution in [0.3, 0.4) is 0 Å². The zero-order valence-electron chi connectivity index (χ0n) is 14.7. The maximum Gasteiger partial charge on any atom is 0.124 e. The van der Waals surface area contributed by atoms with Crippen LogP contribution in [0.1, 0.15) is 24.1 Å². The van der Waals surface area contributed by atoms with Crippen LogP contribution in [0.15, 0.2) is 67.0 Å². The Labute approximate surface area is 156 Å². The van der Waals surface area contributed by atoms with E-state index in [9.17, 15) is 9.65 Å². The number of nitriles is 1. The van der Waals surface area contributed by atoms with Crippen molar-refractivity contribution in [2.24, 2.45) is 5.73 Å². The highest BCUT2D eigenvalue weighted by Crippen LogP contribution is 2.28. The zero-order valence-corrected chi connectivity index (χ0v) is 14.7. The second-order valence-electron chi connectivity index (χ2n) is 6.50. The van der Waals surface area contributed by atoms with Gasteiger partial charge in [0.15, 0.2) is 0 Å². The first-order chi connectivity index (χ1) is 13.1. The first kappa shape index (κ1) is 17.0. The van der Waals surface area contributed by atoms with Crippen LogP contribution >= 0.6 is 0 Å². The van der Waals surface area contributed by atoms with Gasteiger partial charge in [-0.1, -0.05) is 24.3 Å². The van der Waals surface area contributed by atoms with Gasteiger partial charge in [-0.15, -0.1) is 0 Å². The van der Waals surface area contributed by atoms with E-state index in [2.05, 4.69) is 11.1 Å². The van der Waals surface area contributed by atoms with Crippen molar-refractivity contribution in [1.82, 2.24) is 9.55 Å². The number of halogens is 1. The molecule has 0 aliphatic heterocycles. The van der Waals surface area contributed by atoms with Gasteiger partial charge in [0.1, 0.15) is 12.1 Å². The summed E-state index contributed by atoms with van der Waals surface area (Å²) in [5.41, 5.74) is 11.6. The molecular formula is C22H17FN4. The predicted molar refractivity (Wildman–Crippen MR) is 104 cm³/mol. The molecule has 0 aliphatic rings. The van der Waals surface area contributed by atoms with Crippen LogP contribution in [0.2, 0.25) is 0 Å². The van der Waals surface area contributed by atoms with E-state index in [1.165, 1.54) is 12.1 Å². The lowest BCUT2D eigenvalue weighted by Crippen LogP contribution is -2.04. The van der Waals surface area contributed by atoms with E-state index < -0.39 is 5.82 Å². The Kier molecular flexibility index (Phi) is 4.19. The first-order valence-electron chi connectivity index (χ1n) is 8.60. The minimum atomic E-state index is -0.419. The summed E-state index contributed by atoms with van der Waals surface area (Å²) >= 11 is 0. The molecule has 0 fully saturated rings. The largest absolute Gasteiger partial charge is 0.324 e. The summed E-state index contributed by atoms with van der Waals surface area (Å²) in [5, 5.41) is 9.33. The summed E-state index contributed by atoms with van der Waals surface area (Å²) in [6.45, 7) is 1.94. The lowest BCUT2D eigenvalue weighted by atomic mass is 10.00. The number of nitrogens with two attached hydrogens (primary N) is 1. The van der Waals surface area contributed by atoms with Crippen molar-refractivity contribution < 1.29 is 4.39 Å². The lowest BCUT2D eigenvalue weighted by molar-refractivity contribution is 0.627. The van der Waals surface area contributed by atoms with Crippen LogP contribution < -0.4 is 5.73 Å². The number of hydrogen-bond acceptors (Lipinski definition) is 3. The third kappa shape index (κ3) is 3.07. The van der Waals surface area contributed by atoms with Gasteiger partial charge in [-0.05, 0) is 60.0 Å². The molecule has 3 aromatic carbocycles. The minimum Gasteiger partial charge on any atom is -0.324 e. The smallest absolute Gasteiger partial charge is 0.124 e. The molecular weight excluding hydrogens is 339 g/mol.